The van der Waals surface area contributed by atoms with Gasteiger partial charge in [0.1, 0.15) is 0 Å². The van der Waals surface area contributed by atoms with Gasteiger partial charge in [-0.25, -0.2) is 0 Å². The molecule has 0 aromatic heterocycles. The molecular formula is C24H40N2O4S2. The molecular weight excluding hydrogens is 444 g/mol. The molecule has 2 unspecified atom stereocenters. The lowest BCUT2D eigenvalue weighted by molar-refractivity contribution is -0.163. The van der Waals surface area contributed by atoms with Crippen LogP contribution in [0.3, 0.4) is 0 Å². The van der Waals surface area contributed by atoms with Gasteiger partial charge in [-0.1, -0.05) is 21.6 Å². The number of aliphatic carboxylic acids is 2. The summed E-state index contributed by atoms with van der Waals surface area (Å²) in [5.74, 6) is 0.922. The highest BCUT2D eigenvalue weighted by atomic mass is 33.1. The van der Waals surface area contributed by atoms with E-state index >= 15 is 0 Å². The van der Waals surface area contributed by atoms with Crippen LogP contribution in [0, 0.1) is 17.3 Å². The number of carboxylic acid groups (broad SMARTS) is 2. The molecule has 4 heterocycles. The summed E-state index contributed by atoms with van der Waals surface area (Å²) in [6, 6.07) is 2.22. The molecule has 4 rings (SSSR count). The second-order valence-electron chi connectivity index (χ2n) is 10.7. The molecule has 182 valence electrons. The first-order valence-electron chi connectivity index (χ1n) is 12.5. The van der Waals surface area contributed by atoms with E-state index in [1.807, 2.05) is 0 Å². The first-order chi connectivity index (χ1) is 15.3. The summed E-state index contributed by atoms with van der Waals surface area (Å²) in [6.45, 7) is 0. The average molecular weight is 485 g/mol. The van der Waals surface area contributed by atoms with Gasteiger partial charge >= 0.3 is 11.9 Å². The van der Waals surface area contributed by atoms with Crippen molar-refractivity contribution in [3.63, 3.8) is 0 Å². The van der Waals surface area contributed by atoms with E-state index in [4.69, 9.17) is 5.11 Å². The van der Waals surface area contributed by atoms with Crippen molar-refractivity contribution in [3.05, 3.63) is 0 Å². The van der Waals surface area contributed by atoms with Crippen LogP contribution >= 0.6 is 21.6 Å². The van der Waals surface area contributed by atoms with E-state index in [-0.39, 0.29) is 18.3 Å². The molecule has 0 saturated carbocycles. The van der Waals surface area contributed by atoms with E-state index in [0.717, 1.165) is 43.6 Å². The van der Waals surface area contributed by atoms with Gasteiger partial charge in [0, 0.05) is 42.1 Å². The van der Waals surface area contributed by atoms with E-state index in [1.54, 1.807) is 21.6 Å². The number of piperidine rings is 2. The number of hydrogen-bond donors (Lipinski definition) is 2. The van der Waals surface area contributed by atoms with Gasteiger partial charge in [-0.05, 0) is 90.1 Å². The third kappa shape index (κ3) is 4.84. The summed E-state index contributed by atoms with van der Waals surface area (Å²) in [5, 5.41) is 19.7. The summed E-state index contributed by atoms with van der Waals surface area (Å²) < 4.78 is 0. The Morgan fingerprint density at radius 1 is 0.812 bits per heavy atom. The number of nitrogens with zero attached hydrogens (tertiary/aromatic N) is 2. The number of hydrogen-bond acceptors (Lipinski definition) is 6. The van der Waals surface area contributed by atoms with Crippen LogP contribution in [0.1, 0.15) is 70.6 Å². The van der Waals surface area contributed by atoms with Crippen molar-refractivity contribution in [1.29, 1.82) is 0 Å². The van der Waals surface area contributed by atoms with Gasteiger partial charge in [0.25, 0.3) is 0 Å². The molecule has 8 heteroatoms. The third-order valence-electron chi connectivity index (χ3n) is 9.35. The minimum absolute atomic E-state index is 0.212. The third-order valence-corrected chi connectivity index (χ3v) is 11.8. The molecule has 32 heavy (non-hydrogen) atoms. The summed E-state index contributed by atoms with van der Waals surface area (Å²) >= 11 is 0. The van der Waals surface area contributed by atoms with Crippen LogP contribution < -0.4 is 0 Å². The van der Waals surface area contributed by atoms with Crippen LogP contribution in [0.15, 0.2) is 0 Å². The highest BCUT2D eigenvalue weighted by Gasteiger charge is 2.57. The Kier molecular flexibility index (Phi) is 8.06. The number of fused-ring (bicyclic) bond motifs is 4. The van der Waals surface area contributed by atoms with E-state index < -0.39 is 17.4 Å². The molecule has 0 spiro atoms. The lowest BCUT2D eigenvalue weighted by Crippen LogP contribution is -2.55. The second-order valence-corrected chi connectivity index (χ2v) is 13.4. The minimum Gasteiger partial charge on any atom is -0.481 e. The second kappa shape index (κ2) is 10.4. The fraction of sp³-hybridized carbons (Fsp3) is 0.917. The van der Waals surface area contributed by atoms with Crippen LogP contribution in [-0.2, 0) is 9.59 Å². The summed E-state index contributed by atoms with van der Waals surface area (Å²) in [4.78, 5) is 28.9. The highest BCUT2D eigenvalue weighted by Crippen LogP contribution is 2.56. The van der Waals surface area contributed by atoms with E-state index in [1.165, 1.54) is 25.7 Å². The molecule has 0 amide bonds. The molecule has 0 aliphatic carbocycles. The predicted molar refractivity (Wildman–Crippen MR) is 131 cm³/mol. The molecule has 0 radical (unpaired) electrons. The van der Waals surface area contributed by atoms with Crippen molar-refractivity contribution in [1.82, 2.24) is 9.80 Å². The minimum atomic E-state index is -0.741. The van der Waals surface area contributed by atoms with Crippen molar-refractivity contribution >= 4 is 33.5 Å². The lowest BCUT2D eigenvalue weighted by atomic mass is 9.58. The van der Waals surface area contributed by atoms with Crippen molar-refractivity contribution in [2.45, 2.75) is 94.8 Å². The summed E-state index contributed by atoms with van der Waals surface area (Å²) in [6.07, 6.45) is 10.7. The van der Waals surface area contributed by atoms with E-state index in [9.17, 15) is 14.7 Å². The molecule has 0 aromatic carbocycles. The Morgan fingerprint density at radius 2 is 1.25 bits per heavy atom. The Hall–Kier alpha value is -0.440. The molecule has 6 nitrogen and oxygen atoms in total. The molecule has 4 fully saturated rings. The van der Waals surface area contributed by atoms with Gasteiger partial charge in [0.05, 0.1) is 5.41 Å². The highest BCUT2D eigenvalue weighted by molar-refractivity contribution is 8.76. The largest absolute Gasteiger partial charge is 0.481 e. The van der Waals surface area contributed by atoms with Crippen molar-refractivity contribution in [2.24, 2.45) is 17.3 Å². The maximum atomic E-state index is 13.2. The zero-order chi connectivity index (χ0) is 22.9. The lowest BCUT2D eigenvalue weighted by Gasteiger charge is -2.51. The summed E-state index contributed by atoms with van der Waals surface area (Å²) in [7, 11) is 7.94. The Bertz CT molecular complexity index is 631. The van der Waals surface area contributed by atoms with E-state index in [2.05, 4.69) is 23.9 Å². The first kappa shape index (κ1) is 24.7. The number of carboxylic acids is 2. The van der Waals surface area contributed by atoms with Crippen molar-refractivity contribution in [3.8, 4) is 0 Å². The van der Waals surface area contributed by atoms with Crippen LogP contribution in [0.5, 0.6) is 0 Å². The fourth-order valence-electron chi connectivity index (χ4n) is 7.47. The molecule has 4 aliphatic rings. The maximum Gasteiger partial charge on any atom is 0.310 e. The molecule has 0 aromatic rings. The zero-order valence-corrected chi connectivity index (χ0v) is 21.2. The predicted octanol–water partition coefficient (Wildman–Crippen LogP) is 4.44. The van der Waals surface area contributed by atoms with Gasteiger partial charge in [-0.2, -0.15) is 0 Å². The molecule has 2 N–H and O–H groups in total. The summed E-state index contributed by atoms with van der Waals surface area (Å²) in [5.41, 5.74) is -0.612. The topological polar surface area (TPSA) is 81.1 Å². The van der Waals surface area contributed by atoms with Crippen LogP contribution in [-0.4, -0.2) is 81.7 Å². The fourth-order valence-corrected chi connectivity index (χ4v) is 9.70. The van der Waals surface area contributed by atoms with Crippen LogP contribution in [0.4, 0.5) is 0 Å². The monoisotopic (exact) mass is 484 g/mol. The molecule has 4 bridgehead atoms. The quantitative estimate of drug-likeness (QED) is 0.329. The van der Waals surface area contributed by atoms with Gasteiger partial charge in [-0.15, -0.1) is 0 Å². The number of rotatable bonds is 11. The smallest absolute Gasteiger partial charge is 0.310 e. The van der Waals surface area contributed by atoms with Crippen LogP contribution in [0.25, 0.3) is 0 Å². The Balaban J connectivity index is 1.47. The first-order valence-corrected chi connectivity index (χ1v) is 14.9. The van der Waals surface area contributed by atoms with E-state index in [0.29, 0.717) is 30.6 Å². The number of carbonyl (C=O) groups is 2. The van der Waals surface area contributed by atoms with Gasteiger partial charge in [0.2, 0.25) is 0 Å². The van der Waals surface area contributed by atoms with Crippen molar-refractivity contribution in [2.75, 3.05) is 25.6 Å². The average Bonchev–Trinajstić information content (AvgIpc) is 3.08. The van der Waals surface area contributed by atoms with Gasteiger partial charge in [0.15, 0.2) is 0 Å². The Labute approximate surface area is 200 Å². The molecule has 4 aliphatic heterocycles. The van der Waals surface area contributed by atoms with Gasteiger partial charge < -0.3 is 20.0 Å². The maximum absolute atomic E-state index is 13.2. The molecule has 4 saturated heterocycles. The SMILES string of the molecule is CN1[C@@H]2CC[C@H]1CC(C(CCSSCCCC(=O)O)(C(=O)O)C1C[C@H]3CC[C@@H](C1)N3C)C2. The normalized spacial score (nSPS) is 36.8. The van der Waals surface area contributed by atoms with Crippen molar-refractivity contribution < 1.29 is 19.8 Å². The standard InChI is InChI=1S/C24H40N2O4S2/c1-25-18-5-6-19(25)13-16(12-18)24(23(29)30,9-11-32-31-10-3-4-22(27)28)17-14-20-7-8-21(15-17)26(20)2/h16-21H,3-15H2,1-2H3,(H,27,28)(H,29,30)/t16?,17?,18-,19+,20-,21+,24?. The van der Waals surface area contributed by atoms with Gasteiger partial charge in [-0.3, -0.25) is 9.59 Å². The van der Waals surface area contributed by atoms with Crippen LogP contribution in [0.2, 0.25) is 0 Å². The zero-order valence-electron chi connectivity index (χ0n) is 19.6. The Morgan fingerprint density at radius 3 is 1.66 bits per heavy atom. The molecule has 6 atom stereocenters.